The molecule has 6 nitrogen and oxygen atoms in total. The van der Waals surface area contributed by atoms with Crippen LogP contribution in [0.5, 0.6) is 11.5 Å². The fourth-order valence-electron chi connectivity index (χ4n) is 3.18. The van der Waals surface area contributed by atoms with E-state index in [-0.39, 0.29) is 11.9 Å². The summed E-state index contributed by atoms with van der Waals surface area (Å²) in [6.07, 6.45) is 0. The molecule has 6 heteroatoms. The molecule has 3 aromatic rings. The Morgan fingerprint density at radius 1 is 1.18 bits per heavy atom. The number of fused-ring (bicyclic) bond motifs is 1. The zero-order chi connectivity index (χ0) is 20.3. The van der Waals surface area contributed by atoms with Gasteiger partial charge in [0, 0.05) is 12.1 Å². The highest BCUT2D eigenvalue weighted by Crippen LogP contribution is 2.28. The fraction of sp³-hybridized carbons (Fsp3) is 0.273. The summed E-state index contributed by atoms with van der Waals surface area (Å²) in [6, 6.07) is 12.7. The number of imidazole rings is 1. The molecule has 3 rings (SSSR count). The van der Waals surface area contributed by atoms with Gasteiger partial charge in [0.05, 0.1) is 31.3 Å². The molecule has 0 radical (unpaired) electrons. The van der Waals surface area contributed by atoms with Crippen LogP contribution in [0.15, 0.2) is 54.6 Å². The molecule has 0 bridgehead atoms. The summed E-state index contributed by atoms with van der Waals surface area (Å²) in [4.78, 5) is 17.5. The molecule has 0 aliphatic heterocycles. The van der Waals surface area contributed by atoms with Crippen LogP contribution >= 0.6 is 0 Å². The number of carbonyl (C=O) groups is 1. The van der Waals surface area contributed by atoms with Gasteiger partial charge >= 0.3 is 0 Å². The van der Waals surface area contributed by atoms with Crippen molar-refractivity contribution in [2.75, 3.05) is 14.2 Å². The van der Waals surface area contributed by atoms with Crippen molar-refractivity contribution in [3.8, 4) is 11.5 Å². The molecule has 1 heterocycles. The molecule has 0 aliphatic rings. The Hall–Kier alpha value is -3.28. The second-order valence-electron chi connectivity index (χ2n) is 6.77. The van der Waals surface area contributed by atoms with E-state index in [0.29, 0.717) is 23.6 Å². The van der Waals surface area contributed by atoms with Gasteiger partial charge in [0.2, 0.25) is 0 Å². The fourth-order valence-corrected chi connectivity index (χ4v) is 3.18. The Bertz CT molecular complexity index is 1020. The quantitative estimate of drug-likeness (QED) is 0.627. The van der Waals surface area contributed by atoms with Gasteiger partial charge < -0.3 is 19.4 Å². The molecule has 0 saturated carbocycles. The highest BCUT2D eigenvalue weighted by Gasteiger charge is 2.20. The SMILES string of the molecule is C=C(C)Cn1c(C(C)NC(=O)c2ccc(OC)c(OC)c2)nc2ccccc21. The summed E-state index contributed by atoms with van der Waals surface area (Å²) < 4.78 is 12.6. The van der Waals surface area contributed by atoms with Gasteiger partial charge in [0.15, 0.2) is 11.5 Å². The zero-order valence-electron chi connectivity index (χ0n) is 16.7. The number of aromatic nitrogens is 2. The lowest BCUT2D eigenvalue weighted by molar-refractivity contribution is 0.0937. The Balaban J connectivity index is 1.89. The van der Waals surface area contributed by atoms with Crippen LogP contribution in [-0.2, 0) is 6.54 Å². The van der Waals surface area contributed by atoms with Crippen molar-refractivity contribution in [2.24, 2.45) is 0 Å². The van der Waals surface area contributed by atoms with Gasteiger partial charge in [-0.05, 0) is 44.2 Å². The van der Waals surface area contributed by atoms with E-state index in [2.05, 4.69) is 16.5 Å². The Kier molecular flexibility index (Phi) is 5.68. The van der Waals surface area contributed by atoms with Crippen molar-refractivity contribution < 1.29 is 14.3 Å². The van der Waals surface area contributed by atoms with Crippen LogP contribution in [0.1, 0.15) is 36.1 Å². The number of methoxy groups -OCH3 is 2. The van der Waals surface area contributed by atoms with Gasteiger partial charge in [-0.15, -0.1) is 0 Å². The number of hydrogen-bond donors (Lipinski definition) is 1. The topological polar surface area (TPSA) is 65.4 Å². The molecular formula is C22H25N3O3. The molecule has 1 aromatic heterocycles. The number of amides is 1. The monoisotopic (exact) mass is 379 g/mol. The molecule has 1 N–H and O–H groups in total. The average molecular weight is 379 g/mol. The molecule has 2 aromatic carbocycles. The van der Waals surface area contributed by atoms with Gasteiger partial charge in [-0.25, -0.2) is 4.98 Å². The minimum Gasteiger partial charge on any atom is -0.493 e. The lowest BCUT2D eigenvalue weighted by Crippen LogP contribution is -2.28. The third kappa shape index (κ3) is 3.86. The molecule has 1 amide bonds. The van der Waals surface area contributed by atoms with E-state index in [4.69, 9.17) is 14.5 Å². The highest BCUT2D eigenvalue weighted by molar-refractivity contribution is 5.95. The van der Waals surface area contributed by atoms with Crippen molar-refractivity contribution in [1.82, 2.24) is 14.9 Å². The normalized spacial score (nSPS) is 11.9. The summed E-state index contributed by atoms with van der Waals surface area (Å²) in [5.74, 6) is 1.67. The first-order chi connectivity index (χ1) is 13.4. The summed E-state index contributed by atoms with van der Waals surface area (Å²) in [5.41, 5.74) is 3.42. The van der Waals surface area contributed by atoms with Crippen molar-refractivity contribution in [3.63, 3.8) is 0 Å². The van der Waals surface area contributed by atoms with Crippen LogP contribution in [0.4, 0.5) is 0 Å². The maximum atomic E-state index is 12.8. The number of carbonyl (C=O) groups excluding carboxylic acids is 1. The third-order valence-corrected chi connectivity index (χ3v) is 4.49. The van der Waals surface area contributed by atoms with E-state index < -0.39 is 0 Å². The third-order valence-electron chi connectivity index (χ3n) is 4.49. The number of ether oxygens (including phenoxy) is 2. The molecule has 0 fully saturated rings. The largest absolute Gasteiger partial charge is 0.493 e. The summed E-state index contributed by atoms with van der Waals surface area (Å²) in [6.45, 7) is 8.57. The number of benzene rings is 2. The first-order valence-electron chi connectivity index (χ1n) is 9.07. The molecular weight excluding hydrogens is 354 g/mol. The van der Waals surface area contributed by atoms with Gasteiger partial charge in [-0.3, -0.25) is 4.79 Å². The predicted octanol–water partition coefficient (Wildman–Crippen LogP) is 4.12. The number of para-hydroxylation sites is 2. The van der Waals surface area contributed by atoms with Gasteiger partial charge in [0.1, 0.15) is 5.82 Å². The minimum atomic E-state index is -0.285. The number of nitrogens with zero attached hydrogens (tertiary/aromatic N) is 2. The summed E-state index contributed by atoms with van der Waals surface area (Å²) in [7, 11) is 3.11. The predicted molar refractivity (Wildman–Crippen MR) is 110 cm³/mol. The molecule has 0 saturated heterocycles. The Labute approximate surface area is 164 Å². The molecule has 146 valence electrons. The van der Waals surface area contributed by atoms with Crippen molar-refractivity contribution in [1.29, 1.82) is 0 Å². The molecule has 0 aliphatic carbocycles. The summed E-state index contributed by atoms with van der Waals surface area (Å²) >= 11 is 0. The lowest BCUT2D eigenvalue weighted by atomic mass is 10.1. The number of nitrogens with one attached hydrogen (secondary N) is 1. The van der Waals surface area contributed by atoms with E-state index in [9.17, 15) is 4.79 Å². The first-order valence-corrected chi connectivity index (χ1v) is 9.07. The second-order valence-corrected chi connectivity index (χ2v) is 6.77. The average Bonchev–Trinajstić information content (AvgIpc) is 3.05. The maximum absolute atomic E-state index is 12.8. The van der Waals surface area contributed by atoms with Crippen molar-refractivity contribution >= 4 is 16.9 Å². The molecule has 28 heavy (non-hydrogen) atoms. The van der Waals surface area contributed by atoms with Gasteiger partial charge in [0.25, 0.3) is 5.91 Å². The standard InChI is InChI=1S/C22H25N3O3/c1-14(2)13-25-18-9-7-6-8-17(18)24-21(25)15(3)23-22(26)16-10-11-19(27-4)20(12-16)28-5/h6-12,15H,1,13H2,2-5H3,(H,23,26). The van der Waals surface area contributed by atoms with E-state index in [1.807, 2.05) is 38.1 Å². The molecule has 1 unspecified atom stereocenters. The van der Waals surface area contributed by atoms with Crippen molar-refractivity contribution in [2.45, 2.75) is 26.4 Å². The first kappa shape index (κ1) is 19.5. The highest BCUT2D eigenvalue weighted by atomic mass is 16.5. The van der Waals surface area contributed by atoms with Crippen LogP contribution in [0, 0.1) is 0 Å². The summed E-state index contributed by atoms with van der Waals surface area (Å²) in [5, 5.41) is 3.03. The van der Waals surface area contributed by atoms with Crippen LogP contribution < -0.4 is 14.8 Å². The number of rotatable bonds is 7. The zero-order valence-corrected chi connectivity index (χ0v) is 16.7. The maximum Gasteiger partial charge on any atom is 0.251 e. The van der Waals surface area contributed by atoms with E-state index in [0.717, 1.165) is 22.4 Å². The number of hydrogen-bond acceptors (Lipinski definition) is 4. The van der Waals surface area contributed by atoms with Crippen molar-refractivity contribution in [3.05, 3.63) is 66.0 Å². The Morgan fingerprint density at radius 3 is 2.57 bits per heavy atom. The van der Waals surface area contributed by atoms with Gasteiger partial charge in [-0.2, -0.15) is 0 Å². The lowest BCUT2D eigenvalue weighted by Gasteiger charge is -2.17. The smallest absolute Gasteiger partial charge is 0.251 e. The molecule has 0 spiro atoms. The van der Waals surface area contributed by atoms with Gasteiger partial charge in [-0.1, -0.05) is 24.3 Å². The van der Waals surface area contributed by atoms with Crippen LogP contribution in [0.2, 0.25) is 0 Å². The van der Waals surface area contributed by atoms with E-state index in [1.54, 1.807) is 32.4 Å². The van der Waals surface area contributed by atoms with E-state index >= 15 is 0 Å². The van der Waals surface area contributed by atoms with Crippen LogP contribution in [0.3, 0.4) is 0 Å². The van der Waals surface area contributed by atoms with E-state index in [1.165, 1.54) is 0 Å². The van der Waals surface area contributed by atoms with Crippen LogP contribution in [-0.4, -0.2) is 29.7 Å². The van der Waals surface area contributed by atoms with Crippen LogP contribution in [0.25, 0.3) is 11.0 Å². The molecule has 1 atom stereocenters. The Morgan fingerprint density at radius 2 is 1.89 bits per heavy atom. The minimum absolute atomic E-state index is 0.206. The second kappa shape index (κ2) is 8.17. The number of allylic oxidation sites excluding steroid dienone is 1.